The van der Waals surface area contributed by atoms with Crippen LogP contribution < -0.4 is 5.32 Å². The van der Waals surface area contributed by atoms with E-state index in [1.807, 2.05) is 12.1 Å². The topological polar surface area (TPSA) is 12.0 Å². The van der Waals surface area contributed by atoms with Crippen molar-refractivity contribution in [2.45, 2.75) is 19.9 Å². The number of halogens is 2. The number of rotatable bonds is 4. The molecule has 1 N–H and O–H groups in total. The van der Waals surface area contributed by atoms with Crippen molar-refractivity contribution in [2.24, 2.45) is 0 Å². The van der Waals surface area contributed by atoms with Gasteiger partial charge in [0.2, 0.25) is 0 Å². The van der Waals surface area contributed by atoms with Gasteiger partial charge in [0, 0.05) is 9.50 Å². The van der Waals surface area contributed by atoms with Crippen molar-refractivity contribution in [3.63, 3.8) is 0 Å². The second-order valence-electron chi connectivity index (χ2n) is 4.57. The molecule has 0 aromatic heterocycles. The molecule has 0 fully saturated rings. The van der Waals surface area contributed by atoms with Gasteiger partial charge in [0.05, 0.1) is 6.04 Å². The van der Waals surface area contributed by atoms with Crippen LogP contribution in [0, 0.1) is 6.92 Å². The predicted molar refractivity (Wildman–Crippen MR) is 85.9 cm³/mol. The molecule has 2 aromatic carbocycles. The third-order valence-electron chi connectivity index (χ3n) is 3.09. The summed E-state index contributed by atoms with van der Waals surface area (Å²) in [7, 11) is 0. The third kappa shape index (κ3) is 3.59. The van der Waals surface area contributed by atoms with Gasteiger partial charge in [-0.15, -0.1) is 0 Å². The lowest BCUT2D eigenvalue weighted by Gasteiger charge is -2.20. The van der Waals surface area contributed by atoms with E-state index in [9.17, 15) is 0 Å². The van der Waals surface area contributed by atoms with Gasteiger partial charge in [-0.25, -0.2) is 0 Å². The first-order valence-electron chi connectivity index (χ1n) is 6.36. The average molecular weight is 339 g/mol. The van der Waals surface area contributed by atoms with E-state index in [4.69, 9.17) is 11.6 Å². The molecular formula is C16H17BrClN. The average Bonchev–Trinajstić information content (AvgIpc) is 2.38. The molecule has 2 aromatic rings. The van der Waals surface area contributed by atoms with Gasteiger partial charge in [-0.3, -0.25) is 0 Å². The second-order valence-corrected chi connectivity index (χ2v) is 5.86. The number of aryl methyl sites for hydroxylation is 1. The molecule has 0 spiro atoms. The van der Waals surface area contributed by atoms with Crippen LogP contribution in [0.4, 0.5) is 0 Å². The van der Waals surface area contributed by atoms with Crippen LogP contribution in [-0.4, -0.2) is 6.54 Å². The highest BCUT2D eigenvalue weighted by Crippen LogP contribution is 2.30. The summed E-state index contributed by atoms with van der Waals surface area (Å²) in [5, 5.41) is 4.27. The lowest BCUT2D eigenvalue weighted by molar-refractivity contribution is 0.628. The first kappa shape index (κ1) is 14.6. The molecule has 100 valence electrons. The van der Waals surface area contributed by atoms with E-state index in [1.165, 1.54) is 16.7 Å². The van der Waals surface area contributed by atoms with Gasteiger partial charge in [-0.05, 0) is 36.7 Å². The highest BCUT2D eigenvalue weighted by molar-refractivity contribution is 9.10. The van der Waals surface area contributed by atoms with Gasteiger partial charge < -0.3 is 5.32 Å². The maximum absolute atomic E-state index is 6.02. The molecule has 3 heteroatoms. The molecule has 1 nitrogen and oxygen atoms in total. The lowest BCUT2D eigenvalue weighted by Crippen LogP contribution is -2.22. The van der Waals surface area contributed by atoms with Crippen molar-refractivity contribution in [2.75, 3.05) is 6.54 Å². The third-order valence-corrected chi connectivity index (χ3v) is 4.01. The van der Waals surface area contributed by atoms with E-state index < -0.39 is 0 Å². The van der Waals surface area contributed by atoms with Crippen LogP contribution in [0.25, 0.3) is 0 Å². The fourth-order valence-electron chi connectivity index (χ4n) is 2.11. The predicted octanol–water partition coefficient (Wildman–Crippen LogP) is 5.11. The van der Waals surface area contributed by atoms with E-state index in [2.05, 4.69) is 65.4 Å². The number of hydrogen-bond acceptors (Lipinski definition) is 1. The Morgan fingerprint density at radius 2 is 1.84 bits per heavy atom. The van der Waals surface area contributed by atoms with Gasteiger partial charge in [0.25, 0.3) is 0 Å². The summed E-state index contributed by atoms with van der Waals surface area (Å²) in [6, 6.07) is 14.7. The molecule has 0 radical (unpaired) electrons. The largest absolute Gasteiger partial charge is 0.306 e. The molecule has 0 aliphatic heterocycles. The van der Waals surface area contributed by atoms with Crippen LogP contribution in [0.15, 0.2) is 46.9 Å². The van der Waals surface area contributed by atoms with E-state index in [1.54, 1.807) is 0 Å². The Kier molecular flexibility index (Phi) is 5.03. The number of hydrogen-bond donors (Lipinski definition) is 1. The van der Waals surface area contributed by atoms with Crippen molar-refractivity contribution in [1.29, 1.82) is 0 Å². The Balaban J connectivity index is 2.41. The van der Waals surface area contributed by atoms with Crippen LogP contribution in [-0.2, 0) is 0 Å². The van der Waals surface area contributed by atoms with Gasteiger partial charge in [0.1, 0.15) is 0 Å². The van der Waals surface area contributed by atoms with Crippen LogP contribution in [0.2, 0.25) is 5.02 Å². The van der Waals surface area contributed by atoms with Gasteiger partial charge in [0.15, 0.2) is 0 Å². The summed E-state index contributed by atoms with van der Waals surface area (Å²) in [6.45, 7) is 5.13. The summed E-state index contributed by atoms with van der Waals surface area (Å²) < 4.78 is 1.03. The van der Waals surface area contributed by atoms with Crippen molar-refractivity contribution in [3.05, 3.63) is 68.7 Å². The monoisotopic (exact) mass is 337 g/mol. The molecule has 0 saturated heterocycles. The fourth-order valence-corrected chi connectivity index (χ4v) is 3.02. The minimum Gasteiger partial charge on any atom is -0.306 e. The SMILES string of the molecule is CCNC(c1ccc(C)cc1)c1ccc(Cl)cc1Br. The zero-order valence-electron chi connectivity index (χ0n) is 11.1. The van der Waals surface area contributed by atoms with E-state index in [0.29, 0.717) is 0 Å². The molecule has 0 amide bonds. The molecule has 0 aliphatic carbocycles. The Morgan fingerprint density at radius 3 is 2.42 bits per heavy atom. The molecule has 1 unspecified atom stereocenters. The molecule has 2 rings (SSSR count). The summed E-state index contributed by atoms with van der Waals surface area (Å²) in [5.41, 5.74) is 3.74. The Morgan fingerprint density at radius 1 is 1.16 bits per heavy atom. The molecule has 0 bridgehead atoms. The normalized spacial score (nSPS) is 12.4. The van der Waals surface area contributed by atoms with Crippen molar-refractivity contribution in [1.82, 2.24) is 5.32 Å². The maximum atomic E-state index is 6.02. The second kappa shape index (κ2) is 6.56. The van der Waals surface area contributed by atoms with Crippen molar-refractivity contribution < 1.29 is 0 Å². The number of nitrogens with one attached hydrogen (secondary N) is 1. The molecule has 0 heterocycles. The molecule has 19 heavy (non-hydrogen) atoms. The van der Waals surface area contributed by atoms with Crippen molar-refractivity contribution in [3.8, 4) is 0 Å². The summed E-state index contributed by atoms with van der Waals surface area (Å²) >= 11 is 9.62. The highest BCUT2D eigenvalue weighted by Gasteiger charge is 2.15. The first-order chi connectivity index (χ1) is 9.11. The highest BCUT2D eigenvalue weighted by atomic mass is 79.9. The lowest BCUT2D eigenvalue weighted by atomic mass is 9.98. The van der Waals surface area contributed by atoms with Gasteiger partial charge >= 0.3 is 0 Å². The van der Waals surface area contributed by atoms with E-state index >= 15 is 0 Å². The van der Waals surface area contributed by atoms with Crippen LogP contribution in [0.3, 0.4) is 0 Å². The summed E-state index contributed by atoms with van der Waals surface area (Å²) in [5.74, 6) is 0. The van der Waals surface area contributed by atoms with Crippen molar-refractivity contribution >= 4 is 27.5 Å². The van der Waals surface area contributed by atoms with E-state index in [-0.39, 0.29) is 6.04 Å². The number of benzene rings is 2. The molecule has 1 atom stereocenters. The first-order valence-corrected chi connectivity index (χ1v) is 7.54. The van der Waals surface area contributed by atoms with Crippen LogP contribution in [0.1, 0.15) is 29.7 Å². The van der Waals surface area contributed by atoms with Crippen LogP contribution in [0.5, 0.6) is 0 Å². The molecular weight excluding hydrogens is 322 g/mol. The van der Waals surface area contributed by atoms with Crippen LogP contribution >= 0.6 is 27.5 Å². The standard InChI is InChI=1S/C16H17BrClN/c1-3-19-16(12-6-4-11(2)5-7-12)14-9-8-13(18)10-15(14)17/h4-10,16,19H,3H2,1-2H3. The minimum atomic E-state index is 0.178. The molecule has 0 aliphatic rings. The fraction of sp³-hybridized carbons (Fsp3) is 0.250. The Labute approximate surface area is 128 Å². The maximum Gasteiger partial charge on any atom is 0.0587 e. The molecule has 0 saturated carbocycles. The Bertz CT molecular complexity index is 551. The minimum absolute atomic E-state index is 0.178. The summed E-state index contributed by atoms with van der Waals surface area (Å²) in [6.07, 6.45) is 0. The quantitative estimate of drug-likeness (QED) is 0.817. The van der Waals surface area contributed by atoms with Gasteiger partial charge in [-0.2, -0.15) is 0 Å². The zero-order chi connectivity index (χ0) is 13.8. The smallest absolute Gasteiger partial charge is 0.0587 e. The van der Waals surface area contributed by atoms with E-state index in [0.717, 1.165) is 16.0 Å². The Hall–Kier alpha value is -0.830. The zero-order valence-corrected chi connectivity index (χ0v) is 13.4. The summed E-state index contributed by atoms with van der Waals surface area (Å²) in [4.78, 5) is 0. The van der Waals surface area contributed by atoms with Gasteiger partial charge in [-0.1, -0.05) is 70.3 Å².